The first kappa shape index (κ1) is 22.8. The molecule has 2 heterocycles. The Kier molecular flexibility index (Phi) is 7.53. The molecular formula is C18H22ClN5O4S2. The summed E-state index contributed by atoms with van der Waals surface area (Å²) >= 11 is 7.40. The zero-order valence-corrected chi connectivity index (χ0v) is 18.8. The van der Waals surface area contributed by atoms with Crippen molar-refractivity contribution < 1.29 is 17.9 Å². The highest BCUT2D eigenvalue weighted by molar-refractivity contribution is 7.99. The number of aryl methyl sites for hydroxylation is 1. The fourth-order valence-electron chi connectivity index (χ4n) is 2.82. The van der Waals surface area contributed by atoms with E-state index < -0.39 is 10.0 Å². The van der Waals surface area contributed by atoms with E-state index >= 15 is 0 Å². The molecule has 0 unspecified atom stereocenters. The Bertz CT molecular complexity index is 1040. The minimum absolute atomic E-state index is 0.0616. The number of hydrogen-bond acceptors (Lipinski definition) is 7. The summed E-state index contributed by atoms with van der Waals surface area (Å²) in [7, 11) is -3.69. The summed E-state index contributed by atoms with van der Waals surface area (Å²) in [6.07, 6.45) is 1.72. The lowest BCUT2D eigenvalue weighted by atomic mass is 10.3. The third-order valence-electron chi connectivity index (χ3n) is 4.37. The molecule has 1 N–H and O–H groups in total. The van der Waals surface area contributed by atoms with Crippen molar-refractivity contribution in [2.45, 2.75) is 23.5 Å². The van der Waals surface area contributed by atoms with Crippen LogP contribution in [0.5, 0.6) is 0 Å². The Hall–Kier alpha value is -1.92. The number of halogens is 1. The molecule has 0 aliphatic carbocycles. The number of hydrogen-bond donors (Lipinski definition) is 1. The number of benzene rings is 1. The Morgan fingerprint density at radius 1 is 1.37 bits per heavy atom. The number of ether oxygens (including phenoxy) is 1. The highest BCUT2D eigenvalue weighted by atomic mass is 35.5. The second-order valence-corrected chi connectivity index (χ2v) is 9.71. The van der Waals surface area contributed by atoms with Crippen molar-refractivity contribution in [2.75, 3.05) is 37.4 Å². The number of nitrogens with zero attached hydrogens (tertiary/aromatic N) is 4. The van der Waals surface area contributed by atoms with Gasteiger partial charge in [-0.25, -0.2) is 8.42 Å². The molecule has 3 rings (SSSR count). The van der Waals surface area contributed by atoms with E-state index in [1.807, 2.05) is 11.5 Å². The summed E-state index contributed by atoms with van der Waals surface area (Å²) in [5.74, 6) is 0.446. The zero-order valence-electron chi connectivity index (χ0n) is 16.4. The maximum atomic E-state index is 12.8. The van der Waals surface area contributed by atoms with Crippen molar-refractivity contribution >= 4 is 45.0 Å². The number of morpholine rings is 1. The van der Waals surface area contributed by atoms with E-state index in [2.05, 4.69) is 22.1 Å². The molecule has 1 aliphatic heterocycles. The van der Waals surface area contributed by atoms with Crippen molar-refractivity contribution in [1.82, 2.24) is 19.1 Å². The second kappa shape index (κ2) is 9.92. The van der Waals surface area contributed by atoms with Crippen LogP contribution < -0.4 is 5.32 Å². The van der Waals surface area contributed by atoms with Crippen molar-refractivity contribution in [3.05, 3.63) is 41.7 Å². The molecule has 1 saturated heterocycles. The van der Waals surface area contributed by atoms with Crippen LogP contribution in [0.1, 0.15) is 5.82 Å². The standard InChI is InChI=1S/C18H22ClN5O4S2/c1-3-6-24-13(2)21-22-18(24)29-12-17(25)20-16-11-14(4-5-15(16)19)30(26,27)23-7-9-28-10-8-23/h3-5,11H,1,6-10,12H2,2H3,(H,20,25). The van der Waals surface area contributed by atoms with Crippen LogP contribution in [0.25, 0.3) is 0 Å². The van der Waals surface area contributed by atoms with Crippen molar-refractivity contribution in [3.8, 4) is 0 Å². The average Bonchev–Trinajstić information content (AvgIpc) is 3.08. The highest BCUT2D eigenvalue weighted by Gasteiger charge is 2.27. The molecule has 162 valence electrons. The number of carbonyl (C=O) groups is 1. The number of carbonyl (C=O) groups excluding carboxylic acids is 1. The predicted molar refractivity (Wildman–Crippen MR) is 115 cm³/mol. The highest BCUT2D eigenvalue weighted by Crippen LogP contribution is 2.28. The van der Waals surface area contributed by atoms with E-state index in [1.54, 1.807) is 6.08 Å². The summed E-state index contributed by atoms with van der Waals surface area (Å²) in [5, 5.41) is 11.6. The number of sulfonamides is 1. The van der Waals surface area contributed by atoms with Gasteiger partial charge in [0.15, 0.2) is 5.16 Å². The van der Waals surface area contributed by atoms with Gasteiger partial charge in [-0.3, -0.25) is 4.79 Å². The van der Waals surface area contributed by atoms with Crippen LogP contribution in [-0.2, 0) is 26.1 Å². The molecule has 1 aromatic heterocycles. The molecular weight excluding hydrogens is 450 g/mol. The second-order valence-electron chi connectivity index (χ2n) is 6.42. The third kappa shape index (κ3) is 5.22. The summed E-state index contributed by atoms with van der Waals surface area (Å²) in [6, 6.07) is 4.26. The maximum Gasteiger partial charge on any atom is 0.243 e. The van der Waals surface area contributed by atoms with Crippen LogP contribution >= 0.6 is 23.4 Å². The number of thioether (sulfide) groups is 1. The third-order valence-corrected chi connectivity index (χ3v) is 7.56. The molecule has 1 amide bonds. The molecule has 1 fully saturated rings. The van der Waals surface area contributed by atoms with Crippen LogP contribution in [0.15, 0.2) is 40.9 Å². The molecule has 0 spiro atoms. The monoisotopic (exact) mass is 471 g/mol. The summed E-state index contributed by atoms with van der Waals surface area (Å²) in [5.41, 5.74) is 0.236. The summed E-state index contributed by atoms with van der Waals surface area (Å²) in [6.45, 7) is 7.33. The van der Waals surface area contributed by atoms with E-state index in [9.17, 15) is 13.2 Å². The number of anilines is 1. The predicted octanol–water partition coefficient (Wildman–Crippen LogP) is 2.18. The van der Waals surface area contributed by atoms with Crippen LogP contribution in [-0.4, -0.2) is 65.5 Å². The van der Waals surface area contributed by atoms with Gasteiger partial charge in [-0.2, -0.15) is 4.31 Å². The molecule has 0 atom stereocenters. The van der Waals surface area contributed by atoms with E-state index in [0.29, 0.717) is 24.9 Å². The normalized spacial score (nSPS) is 15.1. The van der Waals surface area contributed by atoms with Crippen LogP contribution in [0.2, 0.25) is 5.02 Å². The molecule has 9 nitrogen and oxygen atoms in total. The molecule has 1 aromatic carbocycles. The number of allylic oxidation sites excluding steroid dienone is 1. The van der Waals surface area contributed by atoms with Gasteiger partial charge in [0.25, 0.3) is 0 Å². The van der Waals surface area contributed by atoms with Crippen LogP contribution in [0.4, 0.5) is 5.69 Å². The van der Waals surface area contributed by atoms with E-state index in [0.717, 1.165) is 5.82 Å². The maximum absolute atomic E-state index is 12.8. The Morgan fingerprint density at radius 3 is 2.80 bits per heavy atom. The number of rotatable bonds is 8. The number of nitrogens with one attached hydrogen (secondary N) is 1. The topological polar surface area (TPSA) is 106 Å². The minimum atomic E-state index is -3.69. The van der Waals surface area contributed by atoms with Gasteiger partial charge >= 0.3 is 0 Å². The van der Waals surface area contributed by atoms with Crippen molar-refractivity contribution in [1.29, 1.82) is 0 Å². The van der Waals surface area contributed by atoms with Gasteiger partial charge in [0.05, 0.1) is 34.6 Å². The lowest BCUT2D eigenvalue weighted by Crippen LogP contribution is -2.40. The van der Waals surface area contributed by atoms with Gasteiger partial charge in [-0.1, -0.05) is 29.4 Å². The number of aromatic nitrogens is 3. The van der Waals surface area contributed by atoms with Gasteiger partial charge in [0, 0.05) is 19.6 Å². The minimum Gasteiger partial charge on any atom is -0.379 e. The Morgan fingerprint density at radius 2 is 2.10 bits per heavy atom. The fourth-order valence-corrected chi connectivity index (χ4v) is 5.21. The molecule has 0 saturated carbocycles. The Balaban J connectivity index is 1.70. The molecule has 30 heavy (non-hydrogen) atoms. The van der Waals surface area contributed by atoms with Gasteiger partial charge in [0.2, 0.25) is 15.9 Å². The van der Waals surface area contributed by atoms with E-state index in [1.165, 1.54) is 34.3 Å². The molecule has 12 heteroatoms. The first-order valence-corrected chi connectivity index (χ1v) is 11.9. The largest absolute Gasteiger partial charge is 0.379 e. The lowest BCUT2D eigenvalue weighted by molar-refractivity contribution is -0.113. The van der Waals surface area contributed by atoms with Crippen molar-refractivity contribution in [3.63, 3.8) is 0 Å². The van der Waals surface area contributed by atoms with Crippen LogP contribution in [0.3, 0.4) is 0 Å². The summed E-state index contributed by atoms with van der Waals surface area (Å²) in [4.78, 5) is 12.5. The first-order chi connectivity index (χ1) is 14.3. The lowest BCUT2D eigenvalue weighted by Gasteiger charge is -2.26. The molecule has 2 aromatic rings. The SMILES string of the molecule is C=CCn1c(C)nnc1SCC(=O)Nc1cc(S(=O)(=O)N2CCOCC2)ccc1Cl. The first-order valence-electron chi connectivity index (χ1n) is 9.13. The number of amides is 1. The van der Waals surface area contributed by atoms with Crippen molar-refractivity contribution in [2.24, 2.45) is 0 Å². The Labute approximate surface area is 184 Å². The van der Waals surface area contributed by atoms with Gasteiger partial charge in [-0.15, -0.1) is 16.8 Å². The van der Waals surface area contributed by atoms with Gasteiger partial charge in [-0.05, 0) is 25.1 Å². The zero-order chi connectivity index (χ0) is 21.7. The van der Waals surface area contributed by atoms with E-state index in [-0.39, 0.29) is 40.4 Å². The van der Waals surface area contributed by atoms with Gasteiger partial charge < -0.3 is 14.6 Å². The van der Waals surface area contributed by atoms with E-state index in [4.69, 9.17) is 16.3 Å². The van der Waals surface area contributed by atoms with Gasteiger partial charge in [0.1, 0.15) is 5.82 Å². The molecule has 1 aliphatic rings. The smallest absolute Gasteiger partial charge is 0.243 e. The summed E-state index contributed by atoms with van der Waals surface area (Å²) < 4.78 is 34.1. The molecule has 0 bridgehead atoms. The molecule has 0 radical (unpaired) electrons. The quantitative estimate of drug-likeness (QED) is 0.464. The fraction of sp³-hybridized carbons (Fsp3) is 0.389. The average molecular weight is 472 g/mol. The van der Waals surface area contributed by atoms with Crippen LogP contribution in [0, 0.1) is 6.92 Å².